The van der Waals surface area contributed by atoms with Crippen molar-refractivity contribution in [1.82, 2.24) is 10.1 Å². The van der Waals surface area contributed by atoms with Gasteiger partial charge in [-0.3, -0.25) is 0 Å². The van der Waals surface area contributed by atoms with Gasteiger partial charge in [0, 0.05) is 20.1 Å². The maximum atomic E-state index is 13.0. The number of hydrogen-bond donors (Lipinski definition) is 1. The van der Waals surface area contributed by atoms with Crippen LogP contribution in [-0.2, 0) is 17.6 Å². The number of rotatable bonds is 6. The van der Waals surface area contributed by atoms with Gasteiger partial charge in [0.1, 0.15) is 5.82 Å². The number of hydrogen-bond acceptors (Lipinski definition) is 5. The normalized spacial score (nSPS) is 12.6. The summed E-state index contributed by atoms with van der Waals surface area (Å²) in [5.41, 5.74) is 6.32. The van der Waals surface area contributed by atoms with Gasteiger partial charge in [-0.1, -0.05) is 17.3 Å². The SMILES string of the molecule is COC(CN)Cc1nc(Cc2cccc(F)c2)no1. The molecule has 0 fully saturated rings. The van der Waals surface area contributed by atoms with E-state index < -0.39 is 0 Å². The molecule has 0 saturated heterocycles. The fourth-order valence-electron chi connectivity index (χ4n) is 1.73. The first kappa shape index (κ1) is 13.6. The molecule has 1 heterocycles. The van der Waals surface area contributed by atoms with Crippen molar-refractivity contribution in [3.63, 3.8) is 0 Å². The summed E-state index contributed by atoms with van der Waals surface area (Å²) < 4.78 is 23.3. The molecule has 0 amide bonds. The van der Waals surface area contributed by atoms with Gasteiger partial charge in [-0.05, 0) is 17.7 Å². The first-order valence-corrected chi connectivity index (χ1v) is 6.00. The van der Waals surface area contributed by atoms with E-state index in [4.69, 9.17) is 15.0 Å². The Hall–Kier alpha value is -1.79. The second-order valence-electron chi connectivity index (χ2n) is 4.21. The van der Waals surface area contributed by atoms with Crippen molar-refractivity contribution in [1.29, 1.82) is 0 Å². The van der Waals surface area contributed by atoms with Gasteiger partial charge in [0.2, 0.25) is 5.89 Å². The van der Waals surface area contributed by atoms with Crippen molar-refractivity contribution >= 4 is 0 Å². The van der Waals surface area contributed by atoms with Gasteiger partial charge in [-0.25, -0.2) is 4.39 Å². The summed E-state index contributed by atoms with van der Waals surface area (Å²) in [4.78, 5) is 4.24. The highest BCUT2D eigenvalue weighted by Crippen LogP contribution is 2.10. The van der Waals surface area contributed by atoms with E-state index in [1.807, 2.05) is 6.07 Å². The molecule has 19 heavy (non-hydrogen) atoms. The van der Waals surface area contributed by atoms with Gasteiger partial charge in [0.25, 0.3) is 0 Å². The smallest absolute Gasteiger partial charge is 0.229 e. The van der Waals surface area contributed by atoms with Crippen LogP contribution in [0.2, 0.25) is 0 Å². The zero-order chi connectivity index (χ0) is 13.7. The molecular weight excluding hydrogens is 249 g/mol. The van der Waals surface area contributed by atoms with Crippen molar-refractivity contribution in [2.75, 3.05) is 13.7 Å². The minimum atomic E-state index is -0.274. The fourth-order valence-corrected chi connectivity index (χ4v) is 1.73. The van der Waals surface area contributed by atoms with Crippen LogP contribution in [0.15, 0.2) is 28.8 Å². The molecule has 5 nitrogen and oxygen atoms in total. The average Bonchev–Trinajstić information content (AvgIpc) is 2.83. The van der Waals surface area contributed by atoms with Crippen LogP contribution >= 0.6 is 0 Å². The molecule has 2 rings (SSSR count). The molecule has 0 radical (unpaired) electrons. The van der Waals surface area contributed by atoms with Gasteiger partial charge >= 0.3 is 0 Å². The predicted octanol–water partition coefficient (Wildman–Crippen LogP) is 1.32. The lowest BCUT2D eigenvalue weighted by Crippen LogP contribution is -2.24. The lowest BCUT2D eigenvalue weighted by atomic mass is 10.1. The quantitative estimate of drug-likeness (QED) is 0.852. The van der Waals surface area contributed by atoms with E-state index >= 15 is 0 Å². The third-order valence-electron chi connectivity index (χ3n) is 2.76. The van der Waals surface area contributed by atoms with E-state index in [1.165, 1.54) is 12.1 Å². The molecule has 1 unspecified atom stereocenters. The predicted molar refractivity (Wildman–Crippen MR) is 67.1 cm³/mol. The number of halogens is 1. The molecule has 2 N–H and O–H groups in total. The Morgan fingerprint density at radius 1 is 1.47 bits per heavy atom. The number of nitrogens with zero attached hydrogens (tertiary/aromatic N) is 2. The maximum absolute atomic E-state index is 13.0. The summed E-state index contributed by atoms with van der Waals surface area (Å²) in [7, 11) is 1.58. The lowest BCUT2D eigenvalue weighted by Gasteiger charge is -2.08. The Labute approximate surface area is 110 Å². The molecule has 0 spiro atoms. The van der Waals surface area contributed by atoms with E-state index in [1.54, 1.807) is 13.2 Å². The highest BCUT2D eigenvalue weighted by molar-refractivity contribution is 5.19. The van der Waals surface area contributed by atoms with Crippen LogP contribution in [0, 0.1) is 5.82 Å². The number of aromatic nitrogens is 2. The molecule has 2 aromatic rings. The molecule has 0 aliphatic carbocycles. The van der Waals surface area contributed by atoms with Crippen LogP contribution in [0.25, 0.3) is 0 Å². The zero-order valence-corrected chi connectivity index (χ0v) is 10.7. The Balaban J connectivity index is 2.01. The summed E-state index contributed by atoms with van der Waals surface area (Å²) in [6, 6.07) is 6.32. The van der Waals surface area contributed by atoms with E-state index in [0.717, 1.165) is 5.56 Å². The second kappa shape index (κ2) is 6.40. The zero-order valence-electron chi connectivity index (χ0n) is 10.7. The first-order valence-electron chi connectivity index (χ1n) is 6.00. The first-order chi connectivity index (χ1) is 9.21. The molecule has 0 aliphatic rings. The number of nitrogens with two attached hydrogens (primary N) is 1. The maximum Gasteiger partial charge on any atom is 0.229 e. The summed E-state index contributed by atoms with van der Waals surface area (Å²) in [6.45, 7) is 0.387. The van der Waals surface area contributed by atoms with Gasteiger partial charge in [0.05, 0.1) is 12.5 Å². The molecule has 102 valence electrons. The van der Waals surface area contributed by atoms with Crippen molar-refractivity contribution in [3.05, 3.63) is 47.4 Å². The minimum absolute atomic E-state index is 0.137. The Kier molecular flexibility index (Phi) is 4.59. The van der Waals surface area contributed by atoms with Gasteiger partial charge in [-0.2, -0.15) is 4.98 Å². The van der Waals surface area contributed by atoms with Crippen LogP contribution in [0.5, 0.6) is 0 Å². The molecule has 1 atom stereocenters. The fraction of sp³-hybridized carbons (Fsp3) is 0.385. The van der Waals surface area contributed by atoms with E-state index in [0.29, 0.717) is 31.1 Å². The van der Waals surface area contributed by atoms with Crippen molar-refractivity contribution in [2.24, 2.45) is 5.73 Å². The average molecular weight is 265 g/mol. The van der Waals surface area contributed by atoms with Crippen LogP contribution in [0.4, 0.5) is 4.39 Å². The van der Waals surface area contributed by atoms with Crippen LogP contribution in [0.1, 0.15) is 17.3 Å². The van der Waals surface area contributed by atoms with Gasteiger partial charge in [-0.15, -0.1) is 0 Å². The highest BCUT2D eigenvalue weighted by atomic mass is 19.1. The second-order valence-corrected chi connectivity index (χ2v) is 4.21. The number of methoxy groups -OCH3 is 1. The molecular formula is C13H16FN3O2. The lowest BCUT2D eigenvalue weighted by molar-refractivity contribution is 0.102. The molecule has 6 heteroatoms. The Morgan fingerprint density at radius 3 is 3.00 bits per heavy atom. The molecule has 1 aromatic carbocycles. The highest BCUT2D eigenvalue weighted by Gasteiger charge is 2.13. The number of benzene rings is 1. The molecule has 0 saturated carbocycles. The van der Waals surface area contributed by atoms with Crippen molar-refractivity contribution in [3.8, 4) is 0 Å². The van der Waals surface area contributed by atoms with E-state index in [2.05, 4.69) is 10.1 Å². The summed E-state index contributed by atoms with van der Waals surface area (Å²) in [5.74, 6) is 0.722. The Morgan fingerprint density at radius 2 is 2.32 bits per heavy atom. The van der Waals surface area contributed by atoms with Gasteiger partial charge < -0.3 is 15.0 Å². The third-order valence-corrected chi connectivity index (χ3v) is 2.76. The van der Waals surface area contributed by atoms with Crippen molar-refractivity contribution < 1.29 is 13.7 Å². The summed E-state index contributed by atoms with van der Waals surface area (Å²) in [5, 5.41) is 3.86. The Bertz CT molecular complexity index is 526. The standard InChI is InChI=1S/C13H16FN3O2/c1-18-11(8-15)7-13-16-12(17-19-13)6-9-3-2-4-10(14)5-9/h2-5,11H,6-8,15H2,1H3. The summed E-state index contributed by atoms with van der Waals surface area (Å²) in [6.07, 6.45) is 0.771. The summed E-state index contributed by atoms with van der Waals surface area (Å²) >= 11 is 0. The van der Waals surface area contributed by atoms with E-state index in [9.17, 15) is 4.39 Å². The number of ether oxygens (including phenoxy) is 1. The molecule has 0 aliphatic heterocycles. The van der Waals surface area contributed by atoms with Crippen LogP contribution in [0.3, 0.4) is 0 Å². The topological polar surface area (TPSA) is 74.2 Å². The molecule has 1 aromatic heterocycles. The third kappa shape index (κ3) is 3.84. The van der Waals surface area contributed by atoms with Gasteiger partial charge in [0.15, 0.2) is 5.82 Å². The van der Waals surface area contributed by atoms with Crippen molar-refractivity contribution in [2.45, 2.75) is 18.9 Å². The van der Waals surface area contributed by atoms with Crippen LogP contribution < -0.4 is 5.73 Å². The molecule has 0 bridgehead atoms. The van der Waals surface area contributed by atoms with Crippen LogP contribution in [-0.4, -0.2) is 29.9 Å². The monoisotopic (exact) mass is 265 g/mol. The van der Waals surface area contributed by atoms with E-state index in [-0.39, 0.29) is 11.9 Å². The largest absolute Gasteiger partial charge is 0.380 e. The minimum Gasteiger partial charge on any atom is -0.380 e.